The summed E-state index contributed by atoms with van der Waals surface area (Å²) in [6.07, 6.45) is 0. The highest BCUT2D eigenvalue weighted by Gasteiger charge is 2.22. The van der Waals surface area contributed by atoms with Crippen molar-refractivity contribution in [1.29, 1.82) is 0 Å². The second kappa shape index (κ2) is 3.96. The van der Waals surface area contributed by atoms with Gasteiger partial charge in [-0.25, -0.2) is 0 Å². The lowest BCUT2D eigenvalue weighted by Crippen LogP contribution is -2.46. The fourth-order valence-electron chi connectivity index (χ4n) is 1.96. The van der Waals surface area contributed by atoms with Gasteiger partial charge in [0.1, 0.15) is 0 Å². The molecule has 0 amide bonds. The monoisotopic (exact) mass is 221 g/mol. The molecule has 1 atom stereocenters. The maximum absolute atomic E-state index is 5.36. The van der Waals surface area contributed by atoms with Gasteiger partial charge in [-0.3, -0.25) is 0 Å². The first-order valence-corrected chi connectivity index (χ1v) is 5.56. The van der Waals surface area contributed by atoms with E-state index in [9.17, 15) is 0 Å². The standard InChI is InChI=1S/C12H15NO3/c1-8(13-10-5-14-6-10)9-2-3-11-12(4-9)16-7-15-11/h2-4,8,10,13H,5-7H2,1H3. The molecule has 0 spiro atoms. The fraction of sp³-hybridized carbons (Fsp3) is 0.500. The van der Waals surface area contributed by atoms with Crippen LogP contribution in [0.5, 0.6) is 11.5 Å². The van der Waals surface area contributed by atoms with Crippen LogP contribution in [0.25, 0.3) is 0 Å². The molecule has 1 N–H and O–H groups in total. The van der Waals surface area contributed by atoms with Crippen molar-refractivity contribution in [1.82, 2.24) is 5.32 Å². The Morgan fingerprint density at radius 1 is 1.25 bits per heavy atom. The average Bonchev–Trinajstić information content (AvgIpc) is 2.69. The summed E-state index contributed by atoms with van der Waals surface area (Å²) in [6, 6.07) is 6.88. The van der Waals surface area contributed by atoms with Crippen LogP contribution >= 0.6 is 0 Å². The van der Waals surface area contributed by atoms with Crippen molar-refractivity contribution in [2.45, 2.75) is 19.0 Å². The van der Waals surface area contributed by atoms with Crippen LogP contribution in [-0.4, -0.2) is 26.0 Å². The number of hydrogen-bond acceptors (Lipinski definition) is 4. The van der Waals surface area contributed by atoms with E-state index >= 15 is 0 Å². The molecule has 16 heavy (non-hydrogen) atoms. The summed E-state index contributed by atoms with van der Waals surface area (Å²) < 4.78 is 15.8. The lowest BCUT2D eigenvalue weighted by atomic mass is 10.1. The van der Waals surface area contributed by atoms with Crippen LogP contribution < -0.4 is 14.8 Å². The predicted octanol–water partition coefficient (Wildman–Crippen LogP) is 1.46. The largest absolute Gasteiger partial charge is 0.454 e. The van der Waals surface area contributed by atoms with Gasteiger partial charge in [-0.05, 0) is 24.6 Å². The van der Waals surface area contributed by atoms with Crippen molar-refractivity contribution in [2.75, 3.05) is 20.0 Å². The third-order valence-electron chi connectivity index (χ3n) is 3.02. The van der Waals surface area contributed by atoms with Gasteiger partial charge < -0.3 is 19.5 Å². The van der Waals surface area contributed by atoms with Crippen LogP contribution in [0.1, 0.15) is 18.5 Å². The zero-order chi connectivity index (χ0) is 11.0. The van der Waals surface area contributed by atoms with Gasteiger partial charge in [0.05, 0.1) is 19.3 Å². The molecule has 2 aliphatic heterocycles. The smallest absolute Gasteiger partial charge is 0.231 e. The first kappa shape index (κ1) is 9.93. The van der Waals surface area contributed by atoms with Gasteiger partial charge in [0.15, 0.2) is 11.5 Å². The molecular weight excluding hydrogens is 206 g/mol. The highest BCUT2D eigenvalue weighted by Crippen LogP contribution is 2.34. The zero-order valence-electron chi connectivity index (χ0n) is 9.23. The minimum absolute atomic E-state index is 0.309. The first-order valence-electron chi connectivity index (χ1n) is 5.56. The minimum atomic E-state index is 0.309. The van der Waals surface area contributed by atoms with Crippen LogP contribution in [0, 0.1) is 0 Å². The number of rotatable bonds is 3. The Morgan fingerprint density at radius 3 is 2.81 bits per heavy atom. The Balaban J connectivity index is 1.72. The van der Waals surface area contributed by atoms with Crippen molar-refractivity contribution in [3.8, 4) is 11.5 Å². The molecule has 2 heterocycles. The summed E-state index contributed by atoms with van der Waals surface area (Å²) in [6.45, 7) is 4.11. The van der Waals surface area contributed by atoms with Gasteiger partial charge in [0.25, 0.3) is 0 Å². The van der Waals surface area contributed by atoms with Gasteiger partial charge in [-0.2, -0.15) is 0 Å². The van der Waals surface area contributed by atoms with E-state index in [0.29, 0.717) is 18.9 Å². The lowest BCUT2D eigenvalue weighted by molar-refractivity contribution is -0.00925. The van der Waals surface area contributed by atoms with Gasteiger partial charge in [0, 0.05) is 6.04 Å². The quantitative estimate of drug-likeness (QED) is 0.839. The summed E-state index contributed by atoms with van der Waals surface area (Å²) in [4.78, 5) is 0. The molecule has 0 saturated carbocycles. The van der Waals surface area contributed by atoms with E-state index in [0.717, 1.165) is 24.7 Å². The Hall–Kier alpha value is -1.26. The molecule has 1 fully saturated rings. The molecule has 0 radical (unpaired) electrons. The van der Waals surface area contributed by atoms with E-state index in [1.807, 2.05) is 12.1 Å². The van der Waals surface area contributed by atoms with Crippen LogP contribution in [-0.2, 0) is 4.74 Å². The molecular formula is C12H15NO3. The van der Waals surface area contributed by atoms with Gasteiger partial charge >= 0.3 is 0 Å². The zero-order valence-corrected chi connectivity index (χ0v) is 9.23. The summed E-state index contributed by atoms with van der Waals surface area (Å²) in [7, 11) is 0. The van der Waals surface area contributed by atoms with Gasteiger partial charge in [0.2, 0.25) is 6.79 Å². The maximum atomic E-state index is 5.36. The summed E-state index contributed by atoms with van der Waals surface area (Å²) >= 11 is 0. The van der Waals surface area contributed by atoms with Crippen LogP contribution in [0.2, 0.25) is 0 Å². The third-order valence-corrected chi connectivity index (χ3v) is 3.02. The Morgan fingerprint density at radius 2 is 2.06 bits per heavy atom. The second-order valence-corrected chi connectivity index (χ2v) is 4.24. The highest BCUT2D eigenvalue weighted by atomic mass is 16.7. The molecule has 4 heteroatoms. The number of fused-ring (bicyclic) bond motifs is 1. The van der Waals surface area contributed by atoms with Crippen molar-refractivity contribution in [3.63, 3.8) is 0 Å². The molecule has 1 aromatic carbocycles. The summed E-state index contributed by atoms with van der Waals surface area (Å²) in [5.74, 6) is 1.68. The number of hydrogen-bond donors (Lipinski definition) is 1. The predicted molar refractivity (Wildman–Crippen MR) is 58.7 cm³/mol. The van der Waals surface area contributed by atoms with E-state index in [2.05, 4.69) is 18.3 Å². The lowest BCUT2D eigenvalue weighted by Gasteiger charge is -2.30. The van der Waals surface area contributed by atoms with Crippen molar-refractivity contribution in [2.24, 2.45) is 0 Å². The normalized spacial score (nSPS) is 20.6. The Bertz CT molecular complexity index is 390. The highest BCUT2D eigenvalue weighted by molar-refractivity contribution is 5.45. The summed E-state index contributed by atoms with van der Waals surface area (Å²) in [5.41, 5.74) is 1.22. The van der Waals surface area contributed by atoms with Crippen LogP contribution in [0.4, 0.5) is 0 Å². The SMILES string of the molecule is CC(NC1COC1)c1ccc2c(c1)OCO2. The Kier molecular flexibility index (Phi) is 2.46. The van der Waals surface area contributed by atoms with E-state index in [1.165, 1.54) is 5.56 Å². The van der Waals surface area contributed by atoms with Crippen LogP contribution in [0.15, 0.2) is 18.2 Å². The van der Waals surface area contributed by atoms with Gasteiger partial charge in [-0.15, -0.1) is 0 Å². The first-order chi connectivity index (χ1) is 7.83. The van der Waals surface area contributed by atoms with E-state index in [1.54, 1.807) is 0 Å². The molecule has 3 rings (SSSR count). The van der Waals surface area contributed by atoms with E-state index in [4.69, 9.17) is 14.2 Å². The third kappa shape index (κ3) is 1.74. The molecule has 0 aromatic heterocycles. The number of benzene rings is 1. The van der Waals surface area contributed by atoms with Crippen molar-refractivity contribution >= 4 is 0 Å². The van der Waals surface area contributed by atoms with Crippen LogP contribution in [0.3, 0.4) is 0 Å². The molecule has 0 aliphatic carbocycles. The average molecular weight is 221 g/mol. The van der Waals surface area contributed by atoms with E-state index < -0.39 is 0 Å². The summed E-state index contributed by atoms with van der Waals surface area (Å²) in [5, 5.41) is 3.50. The molecule has 0 bridgehead atoms. The van der Waals surface area contributed by atoms with E-state index in [-0.39, 0.29) is 0 Å². The Labute approximate surface area is 94.5 Å². The molecule has 4 nitrogen and oxygen atoms in total. The molecule has 1 saturated heterocycles. The maximum Gasteiger partial charge on any atom is 0.231 e. The van der Waals surface area contributed by atoms with Crippen molar-refractivity contribution in [3.05, 3.63) is 23.8 Å². The number of ether oxygens (including phenoxy) is 3. The minimum Gasteiger partial charge on any atom is -0.454 e. The second-order valence-electron chi connectivity index (χ2n) is 4.24. The molecule has 86 valence electrons. The molecule has 1 aromatic rings. The molecule has 2 aliphatic rings. The number of nitrogens with one attached hydrogen (secondary N) is 1. The fourth-order valence-corrected chi connectivity index (χ4v) is 1.96. The molecule has 1 unspecified atom stereocenters. The van der Waals surface area contributed by atoms with Gasteiger partial charge in [-0.1, -0.05) is 6.07 Å². The topological polar surface area (TPSA) is 39.7 Å². The van der Waals surface area contributed by atoms with Crippen molar-refractivity contribution < 1.29 is 14.2 Å².